The zero-order chi connectivity index (χ0) is 8.43. The van der Waals surface area contributed by atoms with Crippen LogP contribution < -0.4 is 5.73 Å². The van der Waals surface area contributed by atoms with Crippen molar-refractivity contribution in [3.8, 4) is 0 Å². The van der Waals surface area contributed by atoms with E-state index in [0.717, 1.165) is 4.47 Å². The van der Waals surface area contributed by atoms with E-state index in [-0.39, 0.29) is 11.6 Å². The maximum atomic E-state index is 12.7. The van der Waals surface area contributed by atoms with E-state index in [1.165, 1.54) is 6.07 Å². The van der Waals surface area contributed by atoms with Crippen LogP contribution in [0.2, 0.25) is 5.02 Å². The van der Waals surface area contributed by atoms with Crippen LogP contribution in [0.5, 0.6) is 0 Å². The monoisotopic (exact) mass is 237 g/mol. The normalized spacial score (nSPS) is 10.2. The van der Waals surface area contributed by atoms with Gasteiger partial charge in [-0.1, -0.05) is 27.5 Å². The largest absolute Gasteiger partial charge is 0.326 e. The summed E-state index contributed by atoms with van der Waals surface area (Å²) in [5.41, 5.74) is 5.94. The van der Waals surface area contributed by atoms with E-state index in [2.05, 4.69) is 15.9 Å². The molecule has 0 fully saturated rings. The molecule has 1 rings (SSSR count). The molecule has 0 spiro atoms. The van der Waals surface area contributed by atoms with Gasteiger partial charge in [0.1, 0.15) is 5.82 Å². The van der Waals surface area contributed by atoms with Crippen molar-refractivity contribution in [2.45, 2.75) is 6.54 Å². The molecule has 0 saturated heterocycles. The van der Waals surface area contributed by atoms with Crippen LogP contribution in [-0.4, -0.2) is 0 Å². The van der Waals surface area contributed by atoms with E-state index < -0.39 is 5.82 Å². The summed E-state index contributed by atoms with van der Waals surface area (Å²) in [6.45, 7) is 0.233. The molecular weight excluding hydrogens is 232 g/mol. The fourth-order valence-corrected chi connectivity index (χ4v) is 1.60. The van der Waals surface area contributed by atoms with Gasteiger partial charge < -0.3 is 5.73 Å². The Bertz CT molecular complexity index is 277. The number of hydrogen-bond donors (Lipinski definition) is 1. The summed E-state index contributed by atoms with van der Waals surface area (Å²) in [7, 11) is 0. The van der Waals surface area contributed by atoms with Gasteiger partial charge in [0.05, 0.1) is 5.02 Å². The Hall–Kier alpha value is -0.120. The predicted molar refractivity (Wildman–Crippen MR) is 47.0 cm³/mol. The molecule has 60 valence electrons. The molecule has 0 atom stereocenters. The van der Waals surface area contributed by atoms with Crippen molar-refractivity contribution in [2.24, 2.45) is 5.73 Å². The van der Waals surface area contributed by atoms with Crippen LogP contribution in [0.15, 0.2) is 16.6 Å². The van der Waals surface area contributed by atoms with Gasteiger partial charge in [0.2, 0.25) is 0 Å². The molecule has 0 aromatic heterocycles. The molecule has 4 heteroatoms. The number of hydrogen-bond acceptors (Lipinski definition) is 1. The van der Waals surface area contributed by atoms with Crippen LogP contribution in [0.3, 0.4) is 0 Å². The Kier molecular flexibility index (Phi) is 2.87. The molecule has 11 heavy (non-hydrogen) atoms. The number of benzene rings is 1. The van der Waals surface area contributed by atoms with Gasteiger partial charge in [-0.05, 0) is 12.1 Å². The van der Waals surface area contributed by atoms with E-state index in [1.807, 2.05) is 0 Å². The van der Waals surface area contributed by atoms with Gasteiger partial charge in [-0.2, -0.15) is 0 Å². The summed E-state index contributed by atoms with van der Waals surface area (Å²) in [5.74, 6) is -0.435. The maximum Gasteiger partial charge on any atom is 0.142 e. The van der Waals surface area contributed by atoms with Crippen molar-refractivity contribution >= 4 is 27.5 Å². The Balaban J connectivity index is 3.29. The predicted octanol–water partition coefficient (Wildman–Crippen LogP) is 2.70. The molecule has 0 unspecified atom stereocenters. The van der Waals surface area contributed by atoms with Crippen LogP contribution >= 0.6 is 27.5 Å². The molecule has 0 amide bonds. The summed E-state index contributed by atoms with van der Waals surface area (Å²) >= 11 is 8.82. The van der Waals surface area contributed by atoms with Crippen LogP contribution in [0.4, 0.5) is 4.39 Å². The van der Waals surface area contributed by atoms with Gasteiger partial charge in [-0.15, -0.1) is 0 Å². The molecule has 0 saturated carbocycles. The highest BCUT2D eigenvalue weighted by atomic mass is 79.9. The lowest BCUT2D eigenvalue weighted by molar-refractivity contribution is 0.625. The fourth-order valence-electron chi connectivity index (χ4n) is 0.756. The SMILES string of the molecule is NCc1c(Br)ccc(F)c1Cl. The lowest BCUT2D eigenvalue weighted by Crippen LogP contribution is -1.99. The lowest BCUT2D eigenvalue weighted by Gasteiger charge is -2.03. The molecule has 0 bridgehead atoms. The second kappa shape index (κ2) is 3.52. The second-order valence-electron chi connectivity index (χ2n) is 2.03. The first-order chi connectivity index (χ1) is 5.16. The van der Waals surface area contributed by atoms with Crippen molar-refractivity contribution in [2.75, 3.05) is 0 Å². The van der Waals surface area contributed by atoms with Gasteiger partial charge in [-0.25, -0.2) is 4.39 Å². The first-order valence-electron chi connectivity index (χ1n) is 2.99. The highest BCUT2D eigenvalue weighted by Crippen LogP contribution is 2.26. The third-order valence-corrected chi connectivity index (χ3v) is 2.49. The number of halogens is 3. The maximum absolute atomic E-state index is 12.7. The van der Waals surface area contributed by atoms with Crippen molar-refractivity contribution in [1.29, 1.82) is 0 Å². The molecule has 1 nitrogen and oxygen atoms in total. The third kappa shape index (κ3) is 1.72. The van der Waals surface area contributed by atoms with Crippen LogP contribution in [0, 0.1) is 5.82 Å². The molecule has 1 aromatic carbocycles. The zero-order valence-corrected chi connectivity index (χ0v) is 7.91. The molecular formula is C7H6BrClFN. The van der Waals surface area contributed by atoms with E-state index in [0.29, 0.717) is 5.56 Å². The highest BCUT2D eigenvalue weighted by Gasteiger charge is 2.07. The molecule has 0 aliphatic rings. The quantitative estimate of drug-likeness (QED) is 0.748. The van der Waals surface area contributed by atoms with Gasteiger partial charge in [-0.3, -0.25) is 0 Å². The Labute approximate surface area is 77.5 Å². The Morgan fingerprint density at radius 3 is 2.64 bits per heavy atom. The average molecular weight is 238 g/mol. The summed E-state index contributed by atoms with van der Waals surface area (Å²) in [6.07, 6.45) is 0. The minimum atomic E-state index is -0.435. The van der Waals surface area contributed by atoms with Crippen molar-refractivity contribution in [3.05, 3.63) is 33.0 Å². The number of nitrogens with two attached hydrogens (primary N) is 1. The van der Waals surface area contributed by atoms with Crippen molar-refractivity contribution in [3.63, 3.8) is 0 Å². The lowest BCUT2D eigenvalue weighted by atomic mass is 10.2. The second-order valence-corrected chi connectivity index (χ2v) is 3.26. The van der Waals surface area contributed by atoms with Gasteiger partial charge in [0.15, 0.2) is 0 Å². The van der Waals surface area contributed by atoms with E-state index in [4.69, 9.17) is 17.3 Å². The number of rotatable bonds is 1. The first-order valence-corrected chi connectivity index (χ1v) is 4.16. The van der Waals surface area contributed by atoms with Crippen LogP contribution in [0.1, 0.15) is 5.56 Å². The molecule has 0 heterocycles. The smallest absolute Gasteiger partial charge is 0.142 e. The van der Waals surface area contributed by atoms with E-state index in [9.17, 15) is 4.39 Å². The van der Waals surface area contributed by atoms with E-state index in [1.54, 1.807) is 6.07 Å². The van der Waals surface area contributed by atoms with Gasteiger partial charge >= 0.3 is 0 Å². The summed E-state index contributed by atoms with van der Waals surface area (Å²) in [4.78, 5) is 0. The zero-order valence-electron chi connectivity index (χ0n) is 5.57. The topological polar surface area (TPSA) is 26.0 Å². The van der Waals surface area contributed by atoms with Crippen LogP contribution in [0.25, 0.3) is 0 Å². The Morgan fingerprint density at radius 1 is 1.55 bits per heavy atom. The average Bonchev–Trinajstić information content (AvgIpc) is 1.99. The minimum Gasteiger partial charge on any atom is -0.326 e. The molecule has 2 N–H and O–H groups in total. The van der Waals surface area contributed by atoms with Gasteiger partial charge in [0, 0.05) is 16.6 Å². The minimum absolute atomic E-state index is 0.0990. The highest BCUT2D eigenvalue weighted by molar-refractivity contribution is 9.10. The molecule has 0 aliphatic heterocycles. The standard InChI is InChI=1S/C7H6BrClFN/c8-5-1-2-6(10)7(9)4(5)3-11/h1-2H,3,11H2. The van der Waals surface area contributed by atoms with Crippen LogP contribution in [-0.2, 0) is 6.54 Å². The van der Waals surface area contributed by atoms with Crippen molar-refractivity contribution in [1.82, 2.24) is 0 Å². The summed E-state index contributed by atoms with van der Waals surface area (Å²) in [5, 5.41) is 0.0990. The van der Waals surface area contributed by atoms with Crippen molar-refractivity contribution < 1.29 is 4.39 Å². The third-order valence-electron chi connectivity index (χ3n) is 1.34. The van der Waals surface area contributed by atoms with Gasteiger partial charge in [0.25, 0.3) is 0 Å². The molecule has 0 radical (unpaired) electrons. The summed E-state index contributed by atoms with van der Waals surface area (Å²) < 4.78 is 13.5. The Morgan fingerprint density at radius 2 is 2.18 bits per heavy atom. The first kappa shape index (κ1) is 8.97. The van der Waals surface area contributed by atoms with E-state index >= 15 is 0 Å². The molecule has 0 aliphatic carbocycles. The molecule has 1 aromatic rings. The summed E-state index contributed by atoms with van der Waals surface area (Å²) in [6, 6.07) is 2.88. The fraction of sp³-hybridized carbons (Fsp3) is 0.143.